The van der Waals surface area contributed by atoms with Gasteiger partial charge in [0.2, 0.25) is 0 Å². The van der Waals surface area contributed by atoms with Crippen molar-refractivity contribution in [2.24, 2.45) is 17.8 Å². The predicted molar refractivity (Wildman–Crippen MR) is 78.9 cm³/mol. The fourth-order valence-electron chi connectivity index (χ4n) is 3.18. The highest BCUT2D eigenvalue weighted by Crippen LogP contribution is 2.41. The largest absolute Gasteiger partial charge is 0.460 e. The van der Waals surface area contributed by atoms with Gasteiger partial charge in [0.25, 0.3) is 0 Å². The third-order valence-electron chi connectivity index (χ3n) is 3.88. The first kappa shape index (κ1) is 18.2. The number of hydrogen-bond donors (Lipinski definition) is 0. The summed E-state index contributed by atoms with van der Waals surface area (Å²) in [6, 6.07) is 0. The zero-order valence-electron chi connectivity index (χ0n) is 11.7. The van der Waals surface area contributed by atoms with E-state index >= 15 is 0 Å². The molecule has 0 aromatic heterocycles. The zero-order valence-corrected chi connectivity index (χ0v) is 11.7. The molecule has 1 fully saturated rings. The smallest absolute Gasteiger partial charge is 0.309 e. The minimum Gasteiger partial charge on any atom is -0.460 e. The van der Waals surface area contributed by atoms with Crippen LogP contribution in [0.4, 0.5) is 0 Å². The lowest BCUT2D eigenvalue weighted by atomic mass is 9.68. The lowest BCUT2D eigenvalue weighted by Crippen LogP contribution is -2.38. The molecule has 0 radical (unpaired) electrons. The Bertz CT molecular complexity index is 314. The maximum Gasteiger partial charge on any atom is 0.309 e. The molecule has 0 heterocycles. The molecular formula is C16H30O3. The zero-order chi connectivity index (χ0) is 12.5. The predicted octanol–water partition coefficient (Wildman–Crippen LogP) is 3.52. The quantitative estimate of drug-likeness (QED) is 0.540. The molecule has 0 aromatic carbocycles. The molecule has 2 aliphatic carbocycles. The lowest BCUT2D eigenvalue weighted by Gasteiger charge is -2.38. The van der Waals surface area contributed by atoms with Crippen LogP contribution in [0.25, 0.3) is 0 Å². The molecule has 0 amide bonds. The molecule has 0 saturated heterocycles. The van der Waals surface area contributed by atoms with E-state index in [9.17, 15) is 4.79 Å². The minimum atomic E-state index is -0.353. The van der Waals surface area contributed by atoms with Crippen LogP contribution in [-0.4, -0.2) is 17.0 Å². The molecule has 112 valence electrons. The first-order chi connectivity index (χ1) is 7.97. The topological polar surface area (TPSA) is 57.8 Å². The van der Waals surface area contributed by atoms with Crippen LogP contribution in [0.15, 0.2) is 12.2 Å². The lowest BCUT2D eigenvalue weighted by molar-refractivity contribution is -0.164. The van der Waals surface area contributed by atoms with E-state index in [-0.39, 0.29) is 30.4 Å². The molecule has 1 saturated carbocycles. The van der Waals surface area contributed by atoms with E-state index in [4.69, 9.17) is 4.74 Å². The van der Waals surface area contributed by atoms with Gasteiger partial charge in [0.1, 0.15) is 5.60 Å². The maximum atomic E-state index is 12.2. The molecular weight excluding hydrogens is 240 g/mol. The summed E-state index contributed by atoms with van der Waals surface area (Å²) in [4.78, 5) is 12.2. The van der Waals surface area contributed by atoms with Gasteiger partial charge in [0.05, 0.1) is 5.92 Å². The monoisotopic (exact) mass is 270 g/mol. The molecule has 0 aromatic rings. The van der Waals surface area contributed by atoms with Crippen molar-refractivity contribution in [2.75, 3.05) is 0 Å². The van der Waals surface area contributed by atoms with Crippen molar-refractivity contribution >= 4 is 5.97 Å². The van der Waals surface area contributed by atoms with Crippen molar-refractivity contribution in [3.8, 4) is 0 Å². The van der Waals surface area contributed by atoms with E-state index in [1.807, 2.05) is 20.8 Å². The number of rotatable bonds is 1. The summed E-state index contributed by atoms with van der Waals surface area (Å²) in [7, 11) is 0. The van der Waals surface area contributed by atoms with Gasteiger partial charge in [0, 0.05) is 0 Å². The second kappa shape index (κ2) is 7.09. The van der Waals surface area contributed by atoms with Crippen molar-refractivity contribution in [3.05, 3.63) is 12.2 Å². The average molecular weight is 270 g/mol. The normalized spacial score (nSPS) is 29.5. The Morgan fingerprint density at radius 2 is 1.89 bits per heavy atom. The molecule has 0 bridgehead atoms. The Morgan fingerprint density at radius 3 is 2.53 bits per heavy atom. The molecule has 3 unspecified atom stereocenters. The fraction of sp³-hybridized carbons (Fsp3) is 0.812. The van der Waals surface area contributed by atoms with Crippen LogP contribution in [0, 0.1) is 17.8 Å². The average Bonchev–Trinajstić information content (AvgIpc) is 2.26. The van der Waals surface area contributed by atoms with Crippen LogP contribution >= 0.6 is 0 Å². The van der Waals surface area contributed by atoms with Crippen molar-refractivity contribution in [1.29, 1.82) is 0 Å². The molecule has 3 nitrogen and oxygen atoms in total. The van der Waals surface area contributed by atoms with Gasteiger partial charge in [-0.2, -0.15) is 0 Å². The summed E-state index contributed by atoms with van der Waals surface area (Å²) >= 11 is 0. The third-order valence-corrected chi connectivity index (χ3v) is 3.88. The summed E-state index contributed by atoms with van der Waals surface area (Å²) in [6.07, 6.45) is 10.3. The van der Waals surface area contributed by atoms with Gasteiger partial charge in [0.15, 0.2) is 0 Å². The van der Waals surface area contributed by atoms with Crippen LogP contribution < -0.4 is 0 Å². The Morgan fingerprint density at radius 1 is 1.21 bits per heavy atom. The number of esters is 1. The molecule has 3 atom stereocenters. The van der Waals surface area contributed by atoms with Crippen LogP contribution in [0.1, 0.15) is 60.3 Å². The van der Waals surface area contributed by atoms with Crippen molar-refractivity contribution in [3.63, 3.8) is 0 Å². The van der Waals surface area contributed by atoms with E-state index in [0.29, 0.717) is 11.8 Å². The van der Waals surface area contributed by atoms with Gasteiger partial charge in [-0.15, -0.1) is 0 Å². The molecule has 2 rings (SSSR count). The molecule has 0 spiro atoms. The van der Waals surface area contributed by atoms with Crippen molar-refractivity contribution in [2.45, 2.75) is 65.9 Å². The van der Waals surface area contributed by atoms with Gasteiger partial charge in [-0.25, -0.2) is 0 Å². The second-order valence-electron chi connectivity index (χ2n) is 6.40. The van der Waals surface area contributed by atoms with Crippen LogP contribution in [0.2, 0.25) is 0 Å². The summed E-state index contributed by atoms with van der Waals surface area (Å²) < 4.78 is 5.56. The Hall–Kier alpha value is -0.830. The Kier molecular flexibility index (Phi) is 6.78. The van der Waals surface area contributed by atoms with E-state index < -0.39 is 0 Å². The number of fused-ring (bicyclic) bond motifs is 1. The Labute approximate surface area is 117 Å². The van der Waals surface area contributed by atoms with Gasteiger partial charge < -0.3 is 10.2 Å². The van der Waals surface area contributed by atoms with Crippen LogP contribution in [-0.2, 0) is 9.53 Å². The van der Waals surface area contributed by atoms with Crippen LogP contribution in [0.5, 0.6) is 0 Å². The summed E-state index contributed by atoms with van der Waals surface area (Å²) in [5.74, 6) is 1.32. The SMILES string of the molecule is C.CC(C)(C)OC(=O)C1CCCC2C=CCCC21.O. The van der Waals surface area contributed by atoms with E-state index in [1.165, 1.54) is 6.42 Å². The van der Waals surface area contributed by atoms with E-state index in [0.717, 1.165) is 25.7 Å². The standard InChI is InChI=1S/C15H24O2.CH4.H2O/c1-15(2,3)17-14(16)13-10-6-8-11-7-4-5-9-12(11)13;;/h4,7,11-13H,5-6,8-10H2,1-3H3;1H4;1H2. The van der Waals surface area contributed by atoms with Gasteiger partial charge in [-0.1, -0.05) is 26.0 Å². The van der Waals surface area contributed by atoms with Gasteiger partial charge >= 0.3 is 5.97 Å². The minimum absolute atomic E-state index is 0. The fourth-order valence-corrected chi connectivity index (χ4v) is 3.18. The third kappa shape index (κ3) is 4.64. The molecule has 3 heteroatoms. The number of allylic oxidation sites excluding steroid dienone is 2. The maximum absolute atomic E-state index is 12.2. The van der Waals surface area contributed by atoms with Crippen molar-refractivity contribution < 1.29 is 15.0 Å². The van der Waals surface area contributed by atoms with Crippen molar-refractivity contribution in [1.82, 2.24) is 0 Å². The molecule has 19 heavy (non-hydrogen) atoms. The second-order valence-corrected chi connectivity index (χ2v) is 6.40. The van der Waals surface area contributed by atoms with Gasteiger partial charge in [-0.05, 0) is 58.3 Å². The van der Waals surface area contributed by atoms with Crippen LogP contribution in [0.3, 0.4) is 0 Å². The number of hydrogen-bond acceptors (Lipinski definition) is 2. The highest BCUT2D eigenvalue weighted by Gasteiger charge is 2.38. The molecule has 0 aliphatic heterocycles. The summed E-state index contributed by atoms with van der Waals surface area (Å²) in [5, 5.41) is 0. The van der Waals surface area contributed by atoms with E-state index in [1.54, 1.807) is 0 Å². The van der Waals surface area contributed by atoms with E-state index in [2.05, 4.69) is 12.2 Å². The molecule has 2 N–H and O–H groups in total. The number of carbonyl (C=O) groups excluding carboxylic acids is 1. The molecule has 2 aliphatic rings. The highest BCUT2D eigenvalue weighted by molar-refractivity contribution is 5.73. The number of ether oxygens (including phenoxy) is 1. The summed E-state index contributed by atoms with van der Waals surface area (Å²) in [5.41, 5.74) is -0.353. The Balaban J connectivity index is 0.00000162. The van der Waals surface area contributed by atoms with Gasteiger partial charge in [-0.3, -0.25) is 4.79 Å². The summed E-state index contributed by atoms with van der Waals surface area (Å²) in [6.45, 7) is 5.85. The number of carbonyl (C=O) groups is 1. The first-order valence-electron chi connectivity index (χ1n) is 6.87. The first-order valence-corrected chi connectivity index (χ1v) is 6.87. The highest BCUT2D eigenvalue weighted by atomic mass is 16.6.